The van der Waals surface area contributed by atoms with Crippen LogP contribution in [0.15, 0.2) is 200 Å². The predicted molar refractivity (Wildman–Crippen MR) is 296 cm³/mol. The first-order chi connectivity index (χ1) is 38.7. The Bertz CT molecular complexity index is 4240. The zero-order valence-corrected chi connectivity index (χ0v) is 41.5. The van der Waals surface area contributed by atoms with Gasteiger partial charge in [-0.2, -0.15) is 52.7 Å². The monoisotopic (exact) mass is 1050 g/mol. The Morgan fingerprint density at radius 2 is 0.550 bits per heavy atom. The average Bonchev–Trinajstić information content (AvgIpc) is 3.48. The second-order valence-electron chi connectivity index (χ2n) is 19.1. The zero-order valence-electron chi connectivity index (χ0n) is 41.5. The molecule has 13 heteroatoms. The van der Waals surface area contributed by atoms with E-state index in [-0.39, 0.29) is 16.9 Å². The molecule has 12 rings (SSSR count). The maximum atomic E-state index is 15.4. The van der Waals surface area contributed by atoms with E-state index >= 15 is 26.3 Å². The van der Waals surface area contributed by atoms with Crippen LogP contribution in [0.5, 0.6) is 0 Å². The van der Waals surface area contributed by atoms with Gasteiger partial charge >= 0.3 is 12.4 Å². The third-order valence-corrected chi connectivity index (χ3v) is 14.6. The van der Waals surface area contributed by atoms with E-state index in [4.69, 9.17) is 0 Å². The molecular weight excluding hydrogens is 1020 g/mol. The van der Waals surface area contributed by atoms with E-state index < -0.39 is 34.6 Å². The van der Waals surface area contributed by atoms with Crippen LogP contribution in [0.1, 0.15) is 38.9 Å². The number of alkyl halides is 6. The largest absolute Gasteiger partial charge is 0.417 e. The molecule has 12 aromatic rings. The number of nitrogens with zero attached hydrogens (tertiary/aromatic N) is 7. The molecule has 7 nitrogen and oxygen atoms in total. The zero-order chi connectivity index (χ0) is 55.6. The molecule has 0 spiro atoms. The Morgan fingerprint density at radius 1 is 0.287 bits per heavy atom. The van der Waals surface area contributed by atoms with E-state index in [9.17, 15) is 26.3 Å². The van der Waals surface area contributed by atoms with Crippen LogP contribution in [0, 0.1) is 56.7 Å². The van der Waals surface area contributed by atoms with E-state index in [1.54, 1.807) is 130 Å². The number of fused-ring (bicyclic) bond motifs is 6. The summed E-state index contributed by atoms with van der Waals surface area (Å²) in [5.74, 6) is 0. The van der Waals surface area contributed by atoms with Crippen LogP contribution in [-0.2, 0) is 12.4 Å². The number of rotatable bonds is 7. The van der Waals surface area contributed by atoms with E-state index in [1.807, 2.05) is 48.5 Å². The molecule has 0 aliphatic rings. The molecule has 10 aromatic carbocycles. The summed E-state index contributed by atoms with van der Waals surface area (Å²) in [6.45, 7) is 0. The van der Waals surface area contributed by atoms with Gasteiger partial charge in [0, 0.05) is 27.1 Å². The minimum absolute atomic E-state index is 0.0132. The topological polar surface area (TPSA) is 129 Å². The molecule has 0 saturated heterocycles. The highest BCUT2D eigenvalue weighted by Crippen LogP contribution is 2.48. The van der Waals surface area contributed by atoms with E-state index in [2.05, 4.69) is 30.3 Å². The van der Waals surface area contributed by atoms with Gasteiger partial charge in [0.05, 0.1) is 91.1 Å². The van der Waals surface area contributed by atoms with Crippen molar-refractivity contribution in [2.24, 2.45) is 0 Å². The lowest BCUT2D eigenvalue weighted by Gasteiger charge is -2.22. The Kier molecular flexibility index (Phi) is 11.9. The molecule has 0 saturated carbocycles. The molecule has 0 atom stereocenters. The molecule has 0 amide bonds. The molecular formula is C67H33F6N7. The van der Waals surface area contributed by atoms with Crippen LogP contribution < -0.4 is 0 Å². The molecule has 80 heavy (non-hydrogen) atoms. The van der Waals surface area contributed by atoms with Gasteiger partial charge in [0.25, 0.3) is 0 Å². The summed E-state index contributed by atoms with van der Waals surface area (Å²) in [5.41, 5.74) is 4.88. The smallest absolute Gasteiger partial charge is 0.308 e. The van der Waals surface area contributed by atoms with Gasteiger partial charge in [-0.15, -0.1) is 0 Å². The average molecular weight is 1050 g/mol. The van der Waals surface area contributed by atoms with Crippen molar-refractivity contribution in [1.29, 1.82) is 26.3 Å². The number of hydrogen-bond acceptors (Lipinski definition) is 5. The molecule has 378 valence electrons. The second kappa shape index (κ2) is 19.1. The lowest BCUT2D eigenvalue weighted by Crippen LogP contribution is -2.15. The van der Waals surface area contributed by atoms with Gasteiger partial charge in [-0.05, 0) is 171 Å². The molecule has 0 bridgehead atoms. The van der Waals surface area contributed by atoms with Gasteiger partial charge in [0.15, 0.2) is 0 Å². The second-order valence-corrected chi connectivity index (χ2v) is 19.1. The molecule has 2 heterocycles. The van der Waals surface area contributed by atoms with Gasteiger partial charge < -0.3 is 9.13 Å². The number of hydrogen-bond donors (Lipinski definition) is 0. The van der Waals surface area contributed by atoms with Crippen LogP contribution in [0.3, 0.4) is 0 Å². The first-order valence-electron chi connectivity index (χ1n) is 24.7. The van der Waals surface area contributed by atoms with Crippen molar-refractivity contribution in [3.05, 3.63) is 239 Å². The van der Waals surface area contributed by atoms with E-state index in [1.165, 1.54) is 12.1 Å². The molecule has 0 radical (unpaired) electrons. The fourth-order valence-corrected chi connectivity index (χ4v) is 10.8. The quantitative estimate of drug-likeness (QED) is 0.147. The number of nitriles is 5. The summed E-state index contributed by atoms with van der Waals surface area (Å²) in [6.07, 6.45) is -10.5. The maximum Gasteiger partial charge on any atom is 0.417 e. The molecule has 0 fully saturated rings. The van der Waals surface area contributed by atoms with Crippen LogP contribution in [0.2, 0.25) is 0 Å². The van der Waals surface area contributed by atoms with Gasteiger partial charge in [0.1, 0.15) is 11.6 Å². The van der Waals surface area contributed by atoms with Crippen molar-refractivity contribution in [3.8, 4) is 97.4 Å². The highest BCUT2D eigenvalue weighted by Gasteiger charge is 2.41. The summed E-state index contributed by atoms with van der Waals surface area (Å²) in [5, 5.41) is 52.5. The third-order valence-electron chi connectivity index (χ3n) is 14.6. The van der Waals surface area contributed by atoms with Crippen LogP contribution in [0.4, 0.5) is 26.3 Å². The van der Waals surface area contributed by atoms with Crippen molar-refractivity contribution in [2.45, 2.75) is 12.4 Å². The Labute approximate surface area is 452 Å². The van der Waals surface area contributed by atoms with Gasteiger partial charge in [0.2, 0.25) is 0 Å². The van der Waals surface area contributed by atoms with E-state index in [0.29, 0.717) is 78.0 Å². The SMILES string of the molecule is N#Cc1ccc(-c2ccc3c(c2)c2cc(-c4ccc(C#N)cc4)ccc2n3-c2cc(-c3c(C(F)(F)F)cccc3C(F)(F)F)cc(-n3c4ccc(-c5ccc(C#N)cc5)cc4c4cc(-c5ccc(C#N)cc5)ccc43)c2C#N)cc1. The van der Waals surface area contributed by atoms with E-state index in [0.717, 1.165) is 50.6 Å². The Hall–Kier alpha value is -11.2. The lowest BCUT2D eigenvalue weighted by atomic mass is 9.91. The van der Waals surface area contributed by atoms with Gasteiger partial charge in [-0.1, -0.05) is 78.9 Å². The molecule has 0 N–H and O–H groups in total. The first kappa shape index (κ1) is 49.7. The predicted octanol–water partition coefficient (Wildman–Crippen LogP) is 17.6. The summed E-state index contributed by atoms with van der Waals surface area (Å²) >= 11 is 0. The lowest BCUT2D eigenvalue weighted by molar-refractivity contribution is -0.142. The molecule has 0 unspecified atom stereocenters. The van der Waals surface area contributed by atoms with Crippen molar-refractivity contribution in [1.82, 2.24) is 9.13 Å². The normalized spacial score (nSPS) is 11.6. The summed E-state index contributed by atoms with van der Waals surface area (Å²) in [6, 6.07) is 65.3. The Morgan fingerprint density at radius 3 is 0.787 bits per heavy atom. The fourth-order valence-electron chi connectivity index (χ4n) is 10.8. The number of aromatic nitrogens is 2. The first-order valence-corrected chi connectivity index (χ1v) is 24.7. The summed E-state index contributed by atoms with van der Waals surface area (Å²) in [4.78, 5) is 0. The van der Waals surface area contributed by atoms with Crippen molar-refractivity contribution in [2.75, 3.05) is 0 Å². The van der Waals surface area contributed by atoms with Crippen LogP contribution >= 0.6 is 0 Å². The molecule has 2 aromatic heterocycles. The minimum atomic E-state index is -5.27. The molecule has 0 aliphatic carbocycles. The summed E-state index contributed by atoms with van der Waals surface area (Å²) in [7, 11) is 0. The molecule has 0 aliphatic heterocycles. The van der Waals surface area contributed by atoms with Crippen molar-refractivity contribution in [3.63, 3.8) is 0 Å². The van der Waals surface area contributed by atoms with Crippen LogP contribution in [-0.4, -0.2) is 9.13 Å². The Balaban J connectivity index is 1.21. The van der Waals surface area contributed by atoms with Crippen LogP contribution in [0.25, 0.3) is 111 Å². The highest BCUT2D eigenvalue weighted by molar-refractivity contribution is 6.14. The number of benzene rings is 10. The third kappa shape index (κ3) is 8.48. The highest BCUT2D eigenvalue weighted by atomic mass is 19.4. The van der Waals surface area contributed by atoms with Crippen molar-refractivity contribution < 1.29 is 26.3 Å². The maximum absolute atomic E-state index is 15.4. The summed E-state index contributed by atoms with van der Waals surface area (Å²) < 4.78 is 95.9. The van der Waals surface area contributed by atoms with Gasteiger partial charge in [-0.3, -0.25) is 0 Å². The fraction of sp³-hybridized carbons (Fsp3) is 0.0299. The van der Waals surface area contributed by atoms with Crippen molar-refractivity contribution >= 4 is 43.6 Å². The number of halogens is 6. The minimum Gasteiger partial charge on any atom is -0.308 e. The van der Waals surface area contributed by atoms with Gasteiger partial charge in [-0.25, -0.2) is 0 Å². The standard InChI is InChI=1S/C67H33F6N7/c68-66(69,70)57-2-1-3-58(67(71,72)73)65(57)51-32-63(79-59-24-20-47(43-12-4-39(34-74)5-13-43)28-52(59)53-29-48(21-25-60(53)79)44-14-6-40(35-75)7-15-44)56(38-78)64(33-51)80-61-26-22-49(45-16-8-41(36-76)9-17-45)30-54(61)55-31-50(23-27-62(55)80)46-18-10-42(37-77)11-19-46/h1-33H.